The molecule has 1 saturated heterocycles. The minimum absolute atomic E-state index is 0.0387. The summed E-state index contributed by atoms with van der Waals surface area (Å²) in [6.45, 7) is 2.50. The van der Waals surface area contributed by atoms with Crippen LogP contribution in [0.2, 0.25) is 0 Å². The van der Waals surface area contributed by atoms with Crippen molar-refractivity contribution in [3.8, 4) is 0 Å². The Bertz CT molecular complexity index is 668. The topological polar surface area (TPSA) is 54.5 Å². The lowest BCUT2D eigenvalue weighted by molar-refractivity contribution is -0.122. The van der Waals surface area contributed by atoms with Crippen LogP contribution in [-0.4, -0.2) is 48.6 Å². The second-order valence-electron chi connectivity index (χ2n) is 6.15. The molecule has 0 spiro atoms. The molecule has 1 aliphatic heterocycles. The van der Waals surface area contributed by atoms with Crippen molar-refractivity contribution in [3.63, 3.8) is 0 Å². The molecule has 0 bridgehead atoms. The molecule has 0 radical (unpaired) electrons. The zero-order chi connectivity index (χ0) is 16.1. The molecule has 2 aromatic rings. The van der Waals surface area contributed by atoms with Crippen LogP contribution < -0.4 is 5.32 Å². The summed E-state index contributed by atoms with van der Waals surface area (Å²) >= 11 is 0. The molecule has 1 atom stereocenters. The molecule has 3 rings (SSSR count). The molecule has 1 aliphatic rings. The largest absolute Gasteiger partial charge is 0.376 e. The number of rotatable bonds is 6. The number of ether oxygens (including phenoxy) is 1. The second-order valence-corrected chi connectivity index (χ2v) is 6.15. The highest BCUT2D eigenvalue weighted by Crippen LogP contribution is 2.14. The Balaban J connectivity index is 1.49. The van der Waals surface area contributed by atoms with Gasteiger partial charge in [0.1, 0.15) is 0 Å². The first-order valence-corrected chi connectivity index (χ1v) is 8.11. The predicted octanol–water partition coefficient (Wildman–Crippen LogP) is 1.96. The summed E-state index contributed by atoms with van der Waals surface area (Å²) in [5.74, 6) is 0.0387. The van der Waals surface area contributed by atoms with E-state index in [1.54, 1.807) is 0 Å². The van der Waals surface area contributed by atoms with Crippen molar-refractivity contribution in [1.82, 2.24) is 15.2 Å². The number of nitrogens with zero attached hydrogens (tertiary/aromatic N) is 2. The lowest BCUT2D eigenvalue weighted by Crippen LogP contribution is -2.38. The highest BCUT2D eigenvalue weighted by Gasteiger charge is 2.16. The molecular formula is C18H23N3O2. The number of aromatic nitrogens is 1. The van der Waals surface area contributed by atoms with Gasteiger partial charge in [-0.15, -0.1) is 0 Å². The van der Waals surface area contributed by atoms with Gasteiger partial charge in [-0.25, -0.2) is 0 Å². The van der Waals surface area contributed by atoms with Crippen LogP contribution in [0.25, 0.3) is 10.9 Å². The monoisotopic (exact) mass is 313 g/mol. The zero-order valence-corrected chi connectivity index (χ0v) is 13.5. The Morgan fingerprint density at radius 1 is 1.43 bits per heavy atom. The predicted molar refractivity (Wildman–Crippen MR) is 90.1 cm³/mol. The molecule has 5 nitrogen and oxygen atoms in total. The van der Waals surface area contributed by atoms with Crippen molar-refractivity contribution in [1.29, 1.82) is 0 Å². The number of hydrogen-bond acceptors (Lipinski definition) is 4. The van der Waals surface area contributed by atoms with Crippen molar-refractivity contribution in [2.75, 3.05) is 26.7 Å². The van der Waals surface area contributed by atoms with E-state index in [4.69, 9.17) is 4.74 Å². The zero-order valence-electron chi connectivity index (χ0n) is 13.5. The van der Waals surface area contributed by atoms with E-state index >= 15 is 0 Å². The highest BCUT2D eigenvalue weighted by molar-refractivity contribution is 5.79. The molecule has 2 heterocycles. The average Bonchev–Trinajstić information content (AvgIpc) is 3.06. The van der Waals surface area contributed by atoms with Crippen LogP contribution in [0, 0.1) is 0 Å². The maximum atomic E-state index is 12.0. The Labute approximate surface area is 136 Å². The normalized spacial score (nSPS) is 17.7. The van der Waals surface area contributed by atoms with Crippen molar-refractivity contribution < 1.29 is 9.53 Å². The molecule has 23 heavy (non-hydrogen) atoms. The number of pyridine rings is 1. The summed E-state index contributed by atoms with van der Waals surface area (Å²) < 4.78 is 5.51. The number of amides is 1. The first kappa shape index (κ1) is 15.9. The fourth-order valence-electron chi connectivity index (χ4n) is 2.90. The quantitative estimate of drug-likeness (QED) is 0.886. The number of hydrogen-bond donors (Lipinski definition) is 1. The number of likely N-dealkylation sites (N-methyl/N-ethyl adjacent to an activating group) is 1. The summed E-state index contributed by atoms with van der Waals surface area (Å²) in [5.41, 5.74) is 2.10. The van der Waals surface area contributed by atoms with Gasteiger partial charge in [0.05, 0.1) is 18.2 Å². The minimum atomic E-state index is 0.0387. The Morgan fingerprint density at radius 2 is 2.30 bits per heavy atom. The van der Waals surface area contributed by atoms with Gasteiger partial charge in [-0.1, -0.05) is 18.2 Å². The molecule has 1 unspecified atom stereocenters. The first-order chi connectivity index (χ1) is 11.2. The summed E-state index contributed by atoms with van der Waals surface area (Å²) in [4.78, 5) is 18.4. The molecule has 122 valence electrons. The second kappa shape index (κ2) is 7.53. The molecule has 1 fully saturated rings. The number of nitrogens with one attached hydrogen (secondary N) is 1. The van der Waals surface area contributed by atoms with E-state index in [0.717, 1.165) is 35.9 Å². The lowest BCUT2D eigenvalue weighted by atomic mass is 10.1. The number of fused-ring (bicyclic) bond motifs is 1. The van der Waals surface area contributed by atoms with Crippen LogP contribution in [0.3, 0.4) is 0 Å². The van der Waals surface area contributed by atoms with E-state index < -0.39 is 0 Å². The van der Waals surface area contributed by atoms with Gasteiger partial charge in [0.15, 0.2) is 0 Å². The van der Waals surface area contributed by atoms with Crippen LogP contribution >= 0.6 is 0 Å². The van der Waals surface area contributed by atoms with Gasteiger partial charge in [0.2, 0.25) is 5.91 Å². The lowest BCUT2D eigenvalue weighted by Gasteiger charge is -2.17. The van der Waals surface area contributed by atoms with Gasteiger partial charge >= 0.3 is 0 Å². The molecule has 0 aliphatic carbocycles. The number of benzene rings is 1. The van der Waals surface area contributed by atoms with Crippen LogP contribution in [0.5, 0.6) is 0 Å². The average molecular weight is 313 g/mol. The van der Waals surface area contributed by atoms with Crippen molar-refractivity contribution >= 4 is 16.8 Å². The third kappa shape index (κ3) is 4.50. The van der Waals surface area contributed by atoms with E-state index in [9.17, 15) is 4.79 Å². The number of carbonyl (C=O) groups excluding carboxylic acids is 1. The summed E-state index contributed by atoms with van der Waals surface area (Å²) in [5, 5.41) is 4.08. The molecule has 5 heteroatoms. The van der Waals surface area contributed by atoms with Gasteiger partial charge < -0.3 is 10.1 Å². The summed E-state index contributed by atoms with van der Waals surface area (Å²) in [6, 6.07) is 10.2. The van der Waals surface area contributed by atoms with Gasteiger partial charge in [0.25, 0.3) is 0 Å². The standard InChI is InChI=1S/C18H23N3O2/c1-21(13-18(22)20-11-16-6-4-8-23-16)12-14-9-15-5-2-3-7-17(15)19-10-14/h2-3,5,7,9-10,16H,4,6,8,11-13H2,1H3,(H,20,22). The molecule has 1 aromatic heterocycles. The highest BCUT2D eigenvalue weighted by atomic mass is 16.5. The summed E-state index contributed by atoms with van der Waals surface area (Å²) in [7, 11) is 1.95. The Morgan fingerprint density at radius 3 is 3.13 bits per heavy atom. The minimum Gasteiger partial charge on any atom is -0.376 e. The molecule has 1 aromatic carbocycles. The van der Waals surface area contributed by atoms with Gasteiger partial charge in [-0.3, -0.25) is 14.7 Å². The van der Waals surface area contributed by atoms with Crippen LogP contribution in [0.4, 0.5) is 0 Å². The first-order valence-electron chi connectivity index (χ1n) is 8.11. The fourth-order valence-corrected chi connectivity index (χ4v) is 2.90. The SMILES string of the molecule is CN(CC(=O)NCC1CCCO1)Cc1cnc2ccccc2c1. The third-order valence-electron chi connectivity index (χ3n) is 4.06. The van der Waals surface area contributed by atoms with Crippen molar-refractivity contribution in [2.45, 2.75) is 25.5 Å². The van der Waals surface area contributed by atoms with Crippen LogP contribution in [0.15, 0.2) is 36.5 Å². The number of carbonyl (C=O) groups is 1. The van der Waals surface area contributed by atoms with Gasteiger partial charge in [-0.2, -0.15) is 0 Å². The van der Waals surface area contributed by atoms with E-state index in [2.05, 4.69) is 22.4 Å². The molecule has 1 amide bonds. The van der Waals surface area contributed by atoms with E-state index in [-0.39, 0.29) is 12.0 Å². The smallest absolute Gasteiger partial charge is 0.234 e. The third-order valence-corrected chi connectivity index (χ3v) is 4.06. The Hall–Kier alpha value is -1.98. The van der Waals surface area contributed by atoms with Crippen molar-refractivity contribution in [2.24, 2.45) is 0 Å². The van der Waals surface area contributed by atoms with E-state index in [1.807, 2.05) is 36.3 Å². The number of para-hydroxylation sites is 1. The molecule has 0 saturated carbocycles. The van der Waals surface area contributed by atoms with Crippen molar-refractivity contribution in [3.05, 3.63) is 42.1 Å². The van der Waals surface area contributed by atoms with Crippen LogP contribution in [-0.2, 0) is 16.1 Å². The fraction of sp³-hybridized carbons (Fsp3) is 0.444. The van der Waals surface area contributed by atoms with E-state index in [0.29, 0.717) is 19.6 Å². The molecular weight excluding hydrogens is 290 g/mol. The summed E-state index contributed by atoms with van der Waals surface area (Å²) in [6.07, 6.45) is 4.20. The Kier molecular flexibility index (Phi) is 5.20. The van der Waals surface area contributed by atoms with Gasteiger partial charge in [-0.05, 0) is 37.6 Å². The van der Waals surface area contributed by atoms with E-state index in [1.165, 1.54) is 0 Å². The van der Waals surface area contributed by atoms with Gasteiger partial charge in [0, 0.05) is 31.3 Å². The maximum absolute atomic E-state index is 12.0. The molecule has 1 N–H and O–H groups in total. The van der Waals surface area contributed by atoms with Crippen LogP contribution in [0.1, 0.15) is 18.4 Å². The maximum Gasteiger partial charge on any atom is 0.234 e.